The molecule has 0 bridgehead atoms. The third kappa shape index (κ3) is 2.76. The average Bonchev–Trinajstić information content (AvgIpc) is 1.96. The Morgan fingerprint density at radius 3 is 2.75 bits per heavy atom. The van der Waals surface area contributed by atoms with Gasteiger partial charge in [0.1, 0.15) is 0 Å². The van der Waals surface area contributed by atoms with E-state index in [1.165, 1.54) is 25.9 Å². The van der Waals surface area contributed by atoms with Gasteiger partial charge in [-0.25, -0.2) is 0 Å². The maximum Gasteiger partial charge on any atom is 0.00916 e. The number of hydrogen-bond donors (Lipinski definition) is 1. The van der Waals surface area contributed by atoms with E-state index in [-0.39, 0.29) is 0 Å². The average molecular weight is 170 g/mol. The van der Waals surface area contributed by atoms with Gasteiger partial charge in [0.15, 0.2) is 0 Å². The smallest absolute Gasteiger partial charge is 0.00916 e. The number of nitrogens with zero attached hydrogens (tertiary/aromatic N) is 1. The molecule has 1 aliphatic heterocycles. The molecule has 0 aromatic rings. The predicted molar refractivity (Wildman–Crippen MR) is 53.0 cm³/mol. The molecule has 12 heavy (non-hydrogen) atoms. The van der Waals surface area contributed by atoms with Gasteiger partial charge in [-0.3, -0.25) is 0 Å². The van der Waals surface area contributed by atoms with Crippen LogP contribution in [0.1, 0.15) is 26.7 Å². The Balaban J connectivity index is 2.38. The van der Waals surface area contributed by atoms with Crippen LogP contribution in [0.3, 0.4) is 0 Å². The Morgan fingerprint density at radius 1 is 1.50 bits per heavy atom. The van der Waals surface area contributed by atoms with Gasteiger partial charge in [-0.2, -0.15) is 0 Å². The third-order valence-electron chi connectivity index (χ3n) is 2.77. The SMILES string of the molecule is CC(C)C[C@H]1CN(C)CC[C@H]1N. The molecule has 0 amide bonds. The summed E-state index contributed by atoms with van der Waals surface area (Å²) in [5.41, 5.74) is 6.06. The summed E-state index contributed by atoms with van der Waals surface area (Å²) in [6, 6.07) is 0.448. The minimum Gasteiger partial charge on any atom is -0.327 e. The largest absolute Gasteiger partial charge is 0.327 e. The Kier molecular flexibility index (Phi) is 3.53. The molecular weight excluding hydrogens is 148 g/mol. The highest BCUT2D eigenvalue weighted by atomic mass is 15.1. The Labute approximate surface area is 76.1 Å². The number of hydrogen-bond acceptors (Lipinski definition) is 2. The molecule has 0 aliphatic carbocycles. The van der Waals surface area contributed by atoms with Crippen LogP contribution in [-0.2, 0) is 0 Å². The van der Waals surface area contributed by atoms with Crippen LogP contribution in [0.4, 0.5) is 0 Å². The summed E-state index contributed by atoms with van der Waals surface area (Å²) in [4.78, 5) is 2.40. The van der Waals surface area contributed by atoms with E-state index in [2.05, 4.69) is 25.8 Å². The van der Waals surface area contributed by atoms with Crippen molar-refractivity contribution in [2.75, 3.05) is 20.1 Å². The summed E-state index contributed by atoms with van der Waals surface area (Å²) in [5.74, 6) is 1.51. The minimum atomic E-state index is 0.448. The van der Waals surface area contributed by atoms with E-state index in [0.29, 0.717) is 6.04 Å². The molecule has 0 unspecified atom stereocenters. The molecule has 1 heterocycles. The van der Waals surface area contributed by atoms with E-state index in [4.69, 9.17) is 5.73 Å². The van der Waals surface area contributed by atoms with Crippen LogP contribution < -0.4 is 5.73 Å². The zero-order valence-electron chi connectivity index (χ0n) is 8.59. The maximum atomic E-state index is 6.06. The first-order valence-corrected chi connectivity index (χ1v) is 5.03. The molecule has 2 nitrogen and oxygen atoms in total. The van der Waals surface area contributed by atoms with Crippen LogP contribution in [0.15, 0.2) is 0 Å². The van der Waals surface area contributed by atoms with E-state index in [0.717, 1.165) is 11.8 Å². The molecule has 0 spiro atoms. The fraction of sp³-hybridized carbons (Fsp3) is 1.00. The first kappa shape index (κ1) is 10.0. The fourth-order valence-electron chi connectivity index (χ4n) is 2.09. The summed E-state index contributed by atoms with van der Waals surface area (Å²) in [6.07, 6.45) is 2.46. The Hall–Kier alpha value is -0.0800. The van der Waals surface area contributed by atoms with E-state index in [1.54, 1.807) is 0 Å². The molecule has 2 N–H and O–H groups in total. The fourth-order valence-corrected chi connectivity index (χ4v) is 2.09. The highest BCUT2D eigenvalue weighted by Crippen LogP contribution is 2.21. The third-order valence-corrected chi connectivity index (χ3v) is 2.77. The highest BCUT2D eigenvalue weighted by Gasteiger charge is 2.24. The molecule has 0 aromatic heterocycles. The molecule has 0 aromatic carbocycles. The van der Waals surface area contributed by atoms with Gasteiger partial charge in [0.05, 0.1) is 0 Å². The van der Waals surface area contributed by atoms with Crippen molar-refractivity contribution in [1.82, 2.24) is 4.90 Å². The zero-order valence-corrected chi connectivity index (χ0v) is 8.59. The lowest BCUT2D eigenvalue weighted by atomic mass is 9.86. The molecule has 2 atom stereocenters. The molecule has 2 heteroatoms. The molecule has 0 radical (unpaired) electrons. The Morgan fingerprint density at radius 2 is 2.17 bits per heavy atom. The summed E-state index contributed by atoms with van der Waals surface area (Å²) >= 11 is 0. The lowest BCUT2D eigenvalue weighted by Gasteiger charge is -2.35. The summed E-state index contributed by atoms with van der Waals surface area (Å²) in [5, 5.41) is 0. The van der Waals surface area contributed by atoms with Crippen molar-refractivity contribution in [1.29, 1.82) is 0 Å². The van der Waals surface area contributed by atoms with Gasteiger partial charge in [-0.1, -0.05) is 13.8 Å². The van der Waals surface area contributed by atoms with Crippen molar-refractivity contribution in [3.05, 3.63) is 0 Å². The van der Waals surface area contributed by atoms with Gasteiger partial charge in [0.25, 0.3) is 0 Å². The van der Waals surface area contributed by atoms with Crippen LogP contribution in [0.25, 0.3) is 0 Å². The second-order valence-corrected chi connectivity index (χ2v) is 4.60. The van der Waals surface area contributed by atoms with E-state index in [9.17, 15) is 0 Å². The summed E-state index contributed by atoms with van der Waals surface area (Å²) in [7, 11) is 2.19. The normalized spacial score (nSPS) is 32.8. The maximum absolute atomic E-state index is 6.06. The molecular formula is C10H22N2. The van der Waals surface area contributed by atoms with Crippen LogP contribution in [-0.4, -0.2) is 31.1 Å². The Bertz CT molecular complexity index is 132. The van der Waals surface area contributed by atoms with Crippen molar-refractivity contribution >= 4 is 0 Å². The number of likely N-dealkylation sites (tertiary alicyclic amines) is 1. The van der Waals surface area contributed by atoms with Crippen LogP contribution in [0.5, 0.6) is 0 Å². The lowest BCUT2D eigenvalue weighted by Crippen LogP contribution is -2.45. The van der Waals surface area contributed by atoms with Crippen molar-refractivity contribution in [3.63, 3.8) is 0 Å². The van der Waals surface area contributed by atoms with Gasteiger partial charge in [-0.15, -0.1) is 0 Å². The minimum absolute atomic E-state index is 0.448. The number of piperidine rings is 1. The van der Waals surface area contributed by atoms with E-state index < -0.39 is 0 Å². The second-order valence-electron chi connectivity index (χ2n) is 4.60. The monoisotopic (exact) mass is 170 g/mol. The molecule has 1 fully saturated rings. The number of nitrogens with two attached hydrogens (primary N) is 1. The van der Waals surface area contributed by atoms with Gasteiger partial charge < -0.3 is 10.6 Å². The van der Waals surface area contributed by atoms with Gasteiger partial charge in [0.2, 0.25) is 0 Å². The summed E-state index contributed by atoms with van der Waals surface area (Å²) in [6.45, 7) is 6.93. The van der Waals surface area contributed by atoms with Gasteiger partial charge in [-0.05, 0) is 38.3 Å². The standard InChI is InChI=1S/C10H22N2/c1-8(2)6-9-7-12(3)5-4-10(9)11/h8-10H,4-7,11H2,1-3H3/t9-,10+/m0/s1. The molecule has 0 saturated carbocycles. The van der Waals surface area contributed by atoms with E-state index in [1.807, 2.05) is 0 Å². The van der Waals surface area contributed by atoms with Crippen LogP contribution in [0.2, 0.25) is 0 Å². The van der Waals surface area contributed by atoms with Crippen molar-refractivity contribution in [2.24, 2.45) is 17.6 Å². The molecule has 1 aliphatic rings. The van der Waals surface area contributed by atoms with Crippen molar-refractivity contribution in [3.8, 4) is 0 Å². The van der Waals surface area contributed by atoms with Crippen LogP contribution >= 0.6 is 0 Å². The second kappa shape index (κ2) is 4.24. The van der Waals surface area contributed by atoms with Gasteiger partial charge in [0, 0.05) is 12.6 Å². The first-order chi connectivity index (χ1) is 5.59. The predicted octanol–water partition coefficient (Wildman–Crippen LogP) is 1.31. The molecule has 1 saturated heterocycles. The zero-order chi connectivity index (χ0) is 9.14. The topological polar surface area (TPSA) is 29.3 Å². The van der Waals surface area contributed by atoms with Crippen molar-refractivity contribution in [2.45, 2.75) is 32.7 Å². The van der Waals surface area contributed by atoms with Crippen LogP contribution in [0, 0.1) is 11.8 Å². The highest BCUT2D eigenvalue weighted by molar-refractivity contribution is 4.81. The quantitative estimate of drug-likeness (QED) is 0.677. The van der Waals surface area contributed by atoms with Crippen molar-refractivity contribution < 1.29 is 0 Å². The lowest BCUT2D eigenvalue weighted by molar-refractivity contribution is 0.166. The molecule has 72 valence electrons. The molecule has 1 rings (SSSR count). The summed E-state index contributed by atoms with van der Waals surface area (Å²) < 4.78 is 0. The first-order valence-electron chi connectivity index (χ1n) is 5.03. The number of rotatable bonds is 2. The van der Waals surface area contributed by atoms with E-state index >= 15 is 0 Å². The van der Waals surface area contributed by atoms with Gasteiger partial charge >= 0.3 is 0 Å².